The summed E-state index contributed by atoms with van der Waals surface area (Å²) < 4.78 is 54.4. The van der Waals surface area contributed by atoms with Gasteiger partial charge >= 0.3 is 6.18 Å². The van der Waals surface area contributed by atoms with Crippen molar-refractivity contribution in [2.24, 2.45) is 5.92 Å². The summed E-state index contributed by atoms with van der Waals surface area (Å²) in [4.78, 5) is 15.9. The number of rotatable bonds is 14. The summed E-state index contributed by atoms with van der Waals surface area (Å²) in [6.07, 6.45) is -1.31. The minimum Gasteiger partial charge on any atom is -0.618 e. The van der Waals surface area contributed by atoms with E-state index >= 15 is 0 Å². The molecule has 0 unspecified atom stereocenters. The molecule has 8 nitrogen and oxygen atoms in total. The van der Waals surface area contributed by atoms with Gasteiger partial charge in [0.2, 0.25) is 5.69 Å². The molecule has 51 heavy (non-hydrogen) atoms. The molecule has 0 bridgehead atoms. The molecule has 0 fully saturated rings. The SMILES string of the molecule is CCCCOCCOc1ccc(-c2ccc3c(c2)C=C(C(=O)Nc2ccc([C@@H](O)c4cccc[n+]4[O-])c(C(F)(F)F)c2)CCN3CC(C)C)cc1. The van der Waals surface area contributed by atoms with Gasteiger partial charge in [-0.15, -0.1) is 0 Å². The number of carbonyl (C=O) groups excluding carboxylic acids is 1. The van der Waals surface area contributed by atoms with E-state index in [2.05, 4.69) is 31.0 Å². The van der Waals surface area contributed by atoms with Gasteiger partial charge in [-0.05, 0) is 84.0 Å². The number of ether oxygens (including phenoxy) is 2. The Morgan fingerprint density at radius 1 is 1.00 bits per heavy atom. The van der Waals surface area contributed by atoms with Crippen LogP contribution in [0.3, 0.4) is 0 Å². The average molecular weight is 704 g/mol. The van der Waals surface area contributed by atoms with Crippen molar-refractivity contribution in [3.05, 3.63) is 118 Å². The Hall–Kier alpha value is -4.87. The van der Waals surface area contributed by atoms with Crippen LogP contribution < -0.4 is 19.7 Å². The number of fused-ring (bicyclic) bond motifs is 1. The van der Waals surface area contributed by atoms with E-state index in [4.69, 9.17) is 9.47 Å². The van der Waals surface area contributed by atoms with Crippen LogP contribution in [0, 0.1) is 11.1 Å². The summed E-state index contributed by atoms with van der Waals surface area (Å²) >= 11 is 0. The monoisotopic (exact) mass is 703 g/mol. The van der Waals surface area contributed by atoms with Crippen LogP contribution in [-0.2, 0) is 15.7 Å². The minimum absolute atomic E-state index is 0.0840. The summed E-state index contributed by atoms with van der Waals surface area (Å²) in [5.41, 5.74) is 2.12. The van der Waals surface area contributed by atoms with E-state index in [9.17, 15) is 28.3 Å². The van der Waals surface area contributed by atoms with Crippen molar-refractivity contribution in [1.29, 1.82) is 0 Å². The number of halogens is 3. The lowest BCUT2D eigenvalue weighted by atomic mass is 9.98. The lowest BCUT2D eigenvalue weighted by Gasteiger charge is -2.27. The topological polar surface area (TPSA) is 98.0 Å². The van der Waals surface area contributed by atoms with Crippen LogP contribution in [0.15, 0.2) is 90.6 Å². The van der Waals surface area contributed by atoms with Crippen LogP contribution >= 0.6 is 0 Å². The molecule has 0 saturated heterocycles. The maximum Gasteiger partial charge on any atom is 0.416 e. The number of alkyl halides is 3. The molecule has 1 aromatic heterocycles. The number of carbonyl (C=O) groups is 1. The maximum atomic E-state index is 14.2. The molecular formula is C40H44F3N3O5. The number of hydrogen-bond acceptors (Lipinski definition) is 6. The van der Waals surface area contributed by atoms with Crippen LogP contribution in [0.4, 0.5) is 24.5 Å². The molecule has 3 aromatic carbocycles. The first-order valence-electron chi connectivity index (χ1n) is 17.2. The number of hydrogen-bond donors (Lipinski definition) is 2. The van der Waals surface area contributed by atoms with E-state index in [-0.39, 0.29) is 11.4 Å². The predicted octanol–water partition coefficient (Wildman–Crippen LogP) is 8.17. The summed E-state index contributed by atoms with van der Waals surface area (Å²) in [7, 11) is 0. The zero-order chi connectivity index (χ0) is 36.5. The lowest BCUT2D eigenvalue weighted by Crippen LogP contribution is -2.33. The summed E-state index contributed by atoms with van der Waals surface area (Å²) in [5.74, 6) is 0.554. The van der Waals surface area contributed by atoms with E-state index < -0.39 is 29.3 Å². The molecule has 2 heterocycles. The first kappa shape index (κ1) is 37.4. The zero-order valence-corrected chi connectivity index (χ0v) is 29.1. The van der Waals surface area contributed by atoms with E-state index in [0.717, 1.165) is 72.5 Å². The van der Waals surface area contributed by atoms with E-state index in [1.54, 1.807) is 6.08 Å². The number of amides is 1. The van der Waals surface area contributed by atoms with Crippen LogP contribution in [-0.4, -0.2) is 43.9 Å². The molecule has 0 radical (unpaired) electrons. The quantitative estimate of drug-likeness (QED) is 0.0782. The zero-order valence-electron chi connectivity index (χ0n) is 29.1. The molecule has 270 valence electrons. The molecule has 0 spiro atoms. The Morgan fingerprint density at radius 3 is 2.47 bits per heavy atom. The maximum absolute atomic E-state index is 14.2. The van der Waals surface area contributed by atoms with Crippen LogP contribution in [0.5, 0.6) is 5.75 Å². The normalized spacial score (nSPS) is 13.7. The Morgan fingerprint density at radius 2 is 1.76 bits per heavy atom. The van der Waals surface area contributed by atoms with Gasteiger partial charge in [0.1, 0.15) is 12.4 Å². The van der Waals surface area contributed by atoms with Crippen molar-refractivity contribution >= 4 is 23.4 Å². The highest BCUT2D eigenvalue weighted by Gasteiger charge is 2.37. The second-order valence-corrected chi connectivity index (χ2v) is 13.0. The molecule has 5 rings (SSSR count). The van der Waals surface area contributed by atoms with Gasteiger partial charge in [0, 0.05) is 54.3 Å². The molecule has 2 N–H and O–H groups in total. The smallest absolute Gasteiger partial charge is 0.416 e. The highest BCUT2D eigenvalue weighted by molar-refractivity contribution is 6.07. The van der Waals surface area contributed by atoms with Crippen molar-refractivity contribution < 1.29 is 37.3 Å². The van der Waals surface area contributed by atoms with Gasteiger partial charge in [-0.1, -0.05) is 51.5 Å². The first-order chi connectivity index (χ1) is 24.4. The van der Waals surface area contributed by atoms with Gasteiger partial charge in [-0.3, -0.25) is 4.79 Å². The number of nitrogens with zero attached hydrogens (tertiary/aromatic N) is 2. The summed E-state index contributed by atoms with van der Waals surface area (Å²) in [6, 6.07) is 21.2. The van der Waals surface area contributed by atoms with Crippen LogP contribution in [0.25, 0.3) is 17.2 Å². The number of anilines is 2. The Kier molecular flexibility index (Phi) is 12.4. The molecule has 1 aliphatic heterocycles. The number of aromatic nitrogens is 1. The molecule has 1 aliphatic rings. The van der Waals surface area contributed by atoms with E-state index in [1.807, 2.05) is 42.5 Å². The van der Waals surface area contributed by atoms with E-state index in [1.165, 1.54) is 24.3 Å². The van der Waals surface area contributed by atoms with Crippen LogP contribution in [0.2, 0.25) is 0 Å². The Balaban J connectivity index is 1.38. The van der Waals surface area contributed by atoms with Gasteiger partial charge in [-0.2, -0.15) is 17.9 Å². The number of pyridine rings is 1. The standard InChI is InChI=1S/C40H44F3N3O5/c1-4-5-20-50-21-22-51-33-13-9-28(10-14-33)29-11-16-36-31(23-29)24-30(17-19-45(36)26-27(2)3)39(48)44-32-12-15-34(35(25-32)40(41,42)43)38(47)37-8-6-7-18-46(37)49/h6-16,18,23-25,27,38,47H,4-5,17,19-22,26H2,1-3H3,(H,44,48)/t38-/m1/s1. The highest BCUT2D eigenvalue weighted by atomic mass is 19.4. The van der Waals surface area contributed by atoms with Gasteiger partial charge in [0.05, 0.1) is 12.2 Å². The third-order valence-corrected chi connectivity index (χ3v) is 8.60. The molecule has 0 aliphatic carbocycles. The average Bonchev–Trinajstić information content (AvgIpc) is 3.28. The molecule has 4 aromatic rings. The van der Waals surface area contributed by atoms with Crippen molar-refractivity contribution in [2.45, 2.75) is 52.3 Å². The highest BCUT2D eigenvalue weighted by Crippen LogP contribution is 2.38. The third kappa shape index (κ3) is 9.68. The number of nitrogens with one attached hydrogen (secondary N) is 1. The number of unbranched alkanes of at least 4 members (excludes halogenated alkanes) is 1. The molecule has 0 saturated carbocycles. The summed E-state index contributed by atoms with van der Waals surface area (Å²) in [6.45, 7) is 9.36. The molecule has 11 heteroatoms. The fourth-order valence-electron chi connectivity index (χ4n) is 6.04. The summed E-state index contributed by atoms with van der Waals surface area (Å²) in [5, 5.41) is 25.6. The Bertz CT molecular complexity index is 1830. The fourth-order valence-corrected chi connectivity index (χ4v) is 6.04. The van der Waals surface area contributed by atoms with Gasteiger partial charge in [-0.25, -0.2) is 0 Å². The van der Waals surface area contributed by atoms with Crippen molar-refractivity contribution in [2.75, 3.05) is 43.1 Å². The molecule has 1 atom stereocenters. The molecular weight excluding hydrogens is 659 g/mol. The number of benzene rings is 3. The number of aliphatic hydroxyl groups excluding tert-OH is 1. The first-order valence-corrected chi connectivity index (χ1v) is 17.2. The van der Waals surface area contributed by atoms with Gasteiger partial charge in [0.15, 0.2) is 12.3 Å². The fraction of sp³-hybridized carbons (Fsp3) is 0.350. The van der Waals surface area contributed by atoms with Crippen LogP contribution in [0.1, 0.15) is 68.5 Å². The molecule has 1 amide bonds. The second-order valence-electron chi connectivity index (χ2n) is 13.0. The van der Waals surface area contributed by atoms with E-state index in [0.29, 0.717) is 42.4 Å². The van der Waals surface area contributed by atoms with Gasteiger partial charge < -0.3 is 30.0 Å². The van der Waals surface area contributed by atoms with Gasteiger partial charge in [0.25, 0.3) is 5.91 Å². The second kappa shape index (κ2) is 16.9. The largest absolute Gasteiger partial charge is 0.618 e. The Labute approximate surface area is 296 Å². The van der Waals surface area contributed by atoms with Crippen molar-refractivity contribution in [3.8, 4) is 16.9 Å². The minimum atomic E-state index is -4.86. The van der Waals surface area contributed by atoms with Crippen molar-refractivity contribution in [1.82, 2.24) is 0 Å². The number of aliphatic hydroxyl groups is 1. The third-order valence-electron chi connectivity index (χ3n) is 8.60. The lowest BCUT2D eigenvalue weighted by molar-refractivity contribution is -0.617. The predicted molar refractivity (Wildman–Crippen MR) is 192 cm³/mol. The van der Waals surface area contributed by atoms with Crippen molar-refractivity contribution in [3.63, 3.8) is 0 Å².